The molecule has 6 heteroatoms. The summed E-state index contributed by atoms with van der Waals surface area (Å²) in [6, 6.07) is 6.24. The molecule has 0 saturated heterocycles. The van der Waals surface area contributed by atoms with Gasteiger partial charge in [-0.1, -0.05) is 18.2 Å². The highest BCUT2D eigenvalue weighted by molar-refractivity contribution is 5.91. The normalized spacial score (nSPS) is 15.0. The van der Waals surface area contributed by atoms with E-state index in [0.29, 0.717) is 11.3 Å². The Kier molecular flexibility index (Phi) is 4.80. The van der Waals surface area contributed by atoms with Crippen LogP contribution in [0.2, 0.25) is 0 Å². The maximum atomic E-state index is 12.5. The van der Waals surface area contributed by atoms with Crippen molar-refractivity contribution in [3.8, 4) is 0 Å². The van der Waals surface area contributed by atoms with Crippen molar-refractivity contribution in [2.24, 2.45) is 0 Å². The molecular weight excluding hydrogens is 284 g/mol. The van der Waals surface area contributed by atoms with Gasteiger partial charge >= 0.3 is 5.97 Å². The van der Waals surface area contributed by atoms with E-state index in [4.69, 9.17) is 5.11 Å². The lowest BCUT2D eigenvalue weighted by molar-refractivity contribution is -0.149. The molecule has 1 aliphatic carbocycles. The van der Waals surface area contributed by atoms with Gasteiger partial charge in [-0.2, -0.15) is 0 Å². The first-order valence-electron chi connectivity index (χ1n) is 7.29. The van der Waals surface area contributed by atoms with E-state index >= 15 is 0 Å². The first kappa shape index (κ1) is 16.0. The molecule has 0 aliphatic heterocycles. The molecule has 0 aromatic heterocycles. The van der Waals surface area contributed by atoms with E-state index < -0.39 is 12.0 Å². The lowest BCUT2D eigenvalue weighted by atomic mass is 10.1. The van der Waals surface area contributed by atoms with Crippen LogP contribution in [0.4, 0.5) is 5.69 Å². The molecule has 118 valence electrons. The highest BCUT2D eigenvalue weighted by Gasteiger charge is 2.38. The first-order valence-corrected chi connectivity index (χ1v) is 7.29. The lowest BCUT2D eigenvalue weighted by Gasteiger charge is -2.27. The van der Waals surface area contributed by atoms with Crippen LogP contribution >= 0.6 is 0 Å². The molecule has 0 radical (unpaired) electrons. The number of carbonyl (C=O) groups is 3. The highest BCUT2D eigenvalue weighted by atomic mass is 16.4. The van der Waals surface area contributed by atoms with Crippen molar-refractivity contribution in [2.75, 3.05) is 5.32 Å². The third-order valence-electron chi connectivity index (χ3n) is 3.67. The topological polar surface area (TPSA) is 86.7 Å². The van der Waals surface area contributed by atoms with Crippen molar-refractivity contribution in [2.45, 2.75) is 45.2 Å². The summed E-state index contributed by atoms with van der Waals surface area (Å²) >= 11 is 0. The number of hydrogen-bond acceptors (Lipinski definition) is 3. The fourth-order valence-electron chi connectivity index (χ4n) is 2.45. The Hall–Kier alpha value is -2.37. The fraction of sp³-hybridized carbons (Fsp3) is 0.438. The van der Waals surface area contributed by atoms with Crippen molar-refractivity contribution in [3.05, 3.63) is 29.8 Å². The number of rotatable bonds is 6. The summed E-state index contributed by atoms with van der Waals surface area (Å²) in [5, 5.41) is 11.9. The molecular formula is C16H20N2O4. The maximum Gasteiger partial charge on any atom is 0.326 e. The molecule has 0 heterocycles. The number of nitrogens with zero attached hydrogens (tertiary/aromatic N) is 1. The van der Waals surface area contributed by atoms with E-state index in [1.54, 1.807) is 24.3 Å². The zero-order valence-electron chi connectivity index (χ0n) is 12.7. The summed E-state index contributed by atoms with van der Waals surface area (Å²) in [7, 11) is 0. The minimum absolute atomic E-state index is 0.0199. The van der Waals surface area contributed by atoms with Crippen LogP contribution < -0.4 is 5.32 Å². The van der Waals surface area contributed by atoms with Gasteiger partial charge in [-0.25, -0.2) is 4.79 Å². The number of nitrogens with one attached hydrogen (secondary N) is 1. The number of amides is 2. The van der Waals surface area contributed by atoms with Crippen molar-refractivity contribution in [3.63, 3.8) is 0 Å². The molecule has 22 heavy (non-hydrogen) atoms. The minimum Gasteiger partial charge on any atom is -0.480 e. The largest absolute Gasteiger partial charge is 0.480 e. The Morgan fingerprint density at radius 3 is 2.50 bits per heavy atom. The molecule has 1 aliphatic rings. The molecule has 6 nitrogen and oxygen atoms in total. The van der Waals surface area contributed by atoms with Crippen LogP contribution in [0.1, 0.15) is 32.3 Å². The van der Waals surface area contributed by atoms with E-state index in [1.165, 1.54) is 18.7 Å². The van der Waals surface area contributed by atoms with Crippen molar-refractivity contribution < 1.29 is 19.5 Å². The third-order valence-corrected chi connectivity index (χ3v) is 3.67. The maximum absolute atomic E-state index is 12.5. The van der Waals surface area contributed by atoms with Crippen molar-refractivity contribution >= 4 is 23.5 Å². The summed E-state index contributed by atoms with van der Waals surface area (Å²) < 4.78 is 0. The summed E-state index contributed by atoms with van der Waals surface area (Å²) in [4.78, 5) is 36.4. The van der Waals surface area contributed by atoms with Crippen molar-refractivity contribution in [1.29, 1.82) is 0 Å². The second-order valence-electron chi connectivity index (χ2n) is 5.56. The van der Waals surface area contributed by atoms with Crippen LogP contribution in [0.15, 0.2) is 24.3 Å². The van der Waals surface area contributed by atoms with Gasteiger partial charge in [-0.3, -0.25) is 9.59 Å². The number of aliphatic carboxylic acids is 1. The predicted octanol–water partition coefficient (Wildman–Crippen LogP) is 1.65. The Labute approximate surface area is 129 Å². The van der Waals surface area contributed by atoms with Gasteiger partial charge in [0, 0.05) is 18.7 Å². The van der Waals surface area contributed by atoms with Gasteiger partial charge in [-0.05, 0) is 31.4 Å². The molecule has 2 rings (SSSR count). The summed E-state index contributed by atoms with van der Waals surface area (Å²) in [6.45, 7) is 2.93. The SMILES string of the molecule is CC(=O)Nc1ccccc1CC(=O)N(C1CC1)C(C)C(=O)O. The van der Waals surface area contributed by atoms with E-state index in [9.17, 15) is 14.4 Å². The van der Waals surface area contributed by atoms with Gasteiger partial charge in [0.2, 0.25) is 11.8 Å². The van der Waals surface area contributed by atoms with Gasteiger partial charge < -0.3 is 15.3 Å². The second kappa shape index (κ2) is 6.60. The number of carboxylic acids is 1. The first-order chi connectivity index (χ1) is 10.4. The van der Waals surface area contributed by atoms with E-state index in [-0.39, 0.29) is 24.3 Å². The van der Waals surface area contributed by atoms with E-state index in [0.717, 1.165) is 12.8 Å². The Bertz CT molecular complexity index is 596. The van der Waals surface area contributed by atoms with Gasteiger partial charge in [-0.15, -0.1) is 0 Å². The van der Waals surface area contributed by atoms with Gasteiger partial charge in [0.05, 0.1) is 6.42 Å². The summed E-state index contributed by atoms with van der Waals surface area (Å²) in [5.74, 6) is -1.44. The molecule has 0 spiro atoms. The molecule has 2 amide bonds. The van der Waals surface area contributed by atoms with Gasteiger partial charge in [0.15, 0.2) is 0 Å². The average molecular weight is 304 g/mol. The van der Waals surface area contributed by atoms with Crippen LogP contribution in [-0.2, 0) is 20.8 Å². The molecule has 1 unspecified atom stereocenters. The summed E-state index contributed by atoms with van der Waals surface area (Å²) in [6.07, 6.45) is 1.76. The third kappa shape index (κ3) is 3.84. The van der Waals surface area contributed by atoms with Crippen LogP contribution in [0.5, 0.6) is 0 Å². The molecule has 2 N–H and O–H groups in total. The highest BCUT2D eigenvalue weighted by Crippen LogP contribution is 2.30. The van der Waals surface area contributed by atoms with Gasteiger partial charge in [0.25, 0.3) is 0 Å². The molecule has 1 aromatic carbocycles. The number of benzene rings is 1. The van der Waals surface area contributed by atoms with Crippen LogP contribution in [0.25, 0.3) is 0 Å². The Morgan fingerprint density at radius 1 is 1.32 bits per heavy atom. The number of anilines is 1. The minimum atomic E-state index is -1.00. The predicted molar refractivity (Wildman–Crippen MR) is 81.4 cm³/mol. The smallest absolute Gasteiger partial charge is 0.326 e. The Balaban J connectivity index is 2.16. The van der Waals surface area contributed by atoms with E-state index in [1.807, 2.05) is 0 Å². The van der Waals surface area contributed by atoms with Crippen LogP contribution in [0.3, 0.4) is 0 Å². The molecule has 1 saturated carbocycles. The number of hydrogen-bond donors (Lipinski definition) is 2. The van der Waals surface area contributed by atoms with Gasteiger partial charge in [0.1, 0.15) is 6.04 Å². The number of carbonyl (C=O) groups excluding carboxylic acids is 2. The molecule has 1 aromatic rings. The van der Waals surface area contributed by atoms with Crippen LogP contribution in [0, 0.1) is 0 Å². The monoisotopic (exact) mass is 304 g/mol. The molecule has 1 atom stereocenters. The second-order valence-corrected chi connectivity index (χ2v) is 5.56. The zero-order valence-corrected chi connectivity index (χ0v) is 12.7. The van der Waals surface area contributed by atoms with Crippen molar-refractivity contribution in [1.82, 2.24) is 4.90 Å². The van der Waals surface area contributed by atoms with E-state index in [2.05, 4.69) is 5.32 Å². The summed E-state index contributed by atoms with van der Waals surface area (Å²) in [5.41, 5.74) is 1.27. The number of para-hydroxylation sites is 1. The van der Waals surface area contributed by atoms with Crippen LogP contribution in [-0.4, -0.2) is 39.9 Å². The lowest BCUT2D eigenvalue weighted by Crippen LogP contribution is -2.45. The average Bonchev–Trinajstić information content (AvgIpc) is 3.25. The zero-order chi connectivity index (χ0) is 16.3. The fourth-order valence-corrected chi connectivity index (χ4v) is 2.45. The molecule has 0 bridgehead atoms. The number of carboxylic acid groups (broad SMARTS) is 1. The standard InChI is InChI=1S/C16H20N2O4/c1-10(16(21)22)18(13-7-8-13)15(20)9-12-5-3-4-6-14(12)17-11(2)19/h3-6,10,13H,7-9H2,1-2H3,(H,17,19)(H,21,22). The Morgan fingerprint density at radius 2 is 1.95 bits per heavy atom. The molecule has 1 fully saturated rings. The quantitative estimate of drug-likeness (QED) is 0.836.